The minimum atomic E-state index is -1.06. The summed E-state index contributed by atoms with van der Waals surface area (Å²) in [5.74, 6) is -3.58. The van der Waals surface area contributed by atoms with E-state index in [2.05, 4.69) is 10.2 Å². The molecule has 3 aromatic carbocycles. The molecule has 0 atom stereocenters. The summed E-state index contributed by atoms with van der Waals surface area (Å²) in [6.07, 6.45) is 0.522. The summed E-state index contributed by atoms with van der Waals surface area (Å²) in [6, 6.07) is 16.9. The van der Waals surface area contributed by atoms with Crippen LogP contribution in [0.1, 0.15) is 28.8 Å². The number of amides is 2. The maximum atomic E-state index is 14.0. The van der Waals surface area contributed by atoms with E-state index in [0.29, 0.717) is 52.2 Å². The Labute approximate surface area is 262 Å². The van der Waals surface area contributed by atoms with Gasteiger partial charge < -0.3 is 15.2 Å². The maximum absolute atomic E-state index is 14.0. The van der Waals surface area contributed by atoms with E-state index in [4.69, 9.17) is 22.1 Å². The third kappa shape index (κ3) is 7.56. The number of carbonyl (C=O) groups excluding carboxylic acids is 2. The van der Waals surface area contributed by atoms with E-state index in [1.807, 2.05) is 18.2 Å². The molecule has 0 unspecified atom stereocenters. The molecule has 2 fully saturated rings. The number of anilines is 1. The number of carbonyl (C=O) groups is 3. The fraction of sp³-hybridized carbons (Fsp3) is 0.250. The number of thioether (sulfide) groups is 1. The Balaban J connectivity index is 1.36. The van der Waals surface area contributed by atoms with Crippen molar-refractivity contribution in [3.8, 4) is 11.1 Å². The van der Waals surface area contributed by atoms with Crippen LogP contribution >= 0.6 is 24.0 Å². The van der Waals surface area contributed by atoms with E-state index in [0.717, 1.165) is 36.4 Å². The summed E-state index contributed by atoms with van der Waals surface area (Å²) in [5.41, 5.74) is 3.28. The molecular weight excluding hydrogens is 608 g/mol. The van der Waals surface area contributed by atoms with E-state index < -0.39 is 17.6 Å². The number of nitrogens with one attached hydrogen (secondary N) is 1. The predicted molar refractivity (Wildman–Crippen MR) is 169 cm³/mol. The molecule has 2 amide bonds. The van der Waals surface area contributed by atoms with Crippen LogP contribution < -0.4 is 5.32 Å². The molecule has 0 saturated carbocycles. The van der Waals surface area contributed by atoms with Crippen molar-refractivity contribution in [1.82, 2.24) is 9.80 Å². The molecule has 2 aliphatic heterocycles. The standard InChI is InChI=1S/C32H29F2N3O5S2/c33-26-9-6-22(19-27(26)34)21-2-1-3-23(18-21)25(10-12-36-14-16-42-17-15-36)29-30(39)37(32(43)44-29)13-11-28(38)35-24-7-4-20(5-8-24)31(40)41/h1-9,18-19H,10-17H2,(H,35,38)(H,40,41)/b29-25-. The van der Waals surface area contributed by atoms with E-state index in [1.54, 1.807) is 6.07 Å². The van der Waals surface area contributed by atoms with Gasteiger partial charge in [-0.05, 0) is 71.1 Å². The summed E-state index contributed by atoms with van der Waals surface area (Å²) >= 11 is 6.75. The molecule has 0 aliphatic carbocycles. The topological polar surface area (TPSA) is 99.2 Å². The molecule has 8 nitrogen and oxygen atoms in total. The summed E-state index contributed by atoms with van der Waals surface area (Å²) in [7, 11) is 0. The van der Waals surface area contributed by atoms with Crippen LogP contribution in [0.15, 0.2) is 71.6 Å². The van der Waals surface area contributed by atoms with Crippen molar-refractivity contribution in [2.75, 3.05) is 44.7 Å². The number of thiocarbonyl (C=S) groups is 1. The minimum absolute atomic E-state index is 0.0187. The third-order valence-electron chi connectivity index (χ3n) is 7.35. The SMILES string of the molecule is O=C(CCN1C(=O)/C(=C(\CCN2CCOCC2)c2cccc(-c3ccc(F)c(F)c3)c2)SC1=S)Nc1ccc(C(=O)O)cc1. The zero-order valence-electron chi connectivity index (χ0n) is 23.6. The summed E-state index contributed by atoms with van der Waals surface area (Å²) < 4.78 is 33.4. The van der Waals surface area contributed by atoms with Gasteiger partial charge in [-0.15, -0.1) is 0 Å². The maximum Gasteiger partial charge on any atom is 0.335 e. The smallest absolute Gasteiger partial charge is 0.335 e. The lowest BCUT2D eigenvalue weighted by molar-refractivity contribution is -0.122. The molecule has 2 saturated heterocycles. The molecule has 0 aromatic heterocycles. The van der Waals surface area contributed by atoms with Gasteiger partial charge in [0, 0.05) is 38.3 Å². The van der Waals surface area contributed by atoms with Gasteiger partial charge in [0.1, 0.15) is 4.32 Å². The number of hydrogen-bond acceptors (Lipinski definition) is 7. The van der Waals surface area contributed by atoms with Crippen molar-refractivity contribution in [2.45, 2.75) is 12.8 Å². The number of carboxylic acids is 1. The van der Waals surface area contributed by atoms with Crippen molar-refractivity contribution in [3.63, 3.8) is 0 Å². The fourth-order valence-electron chi connectivity index (χ4n) is 4.95. The molecule has 0 spiro atoms. The second kappa shape index (κ2) is 14.2. The molecule has 5 rings (SSSR count). The fourth-order valence-corrected chi connectivity index (χ4v) is 6.38. The summed E-state index contributed by atoms with van der Waals surface area (Å²) in [4.78, 5) is 41.6. The zero-order valence-corrected chi connectivity index (χ0v) is 25.2. The van der Waals surface area contributed by atoms with Crippen molar-refractivity contribution in [2.24, 2.45) is 0 Å². The number of hydrogen-bond donors (Lipinski definition) is 2. The molecule has 2 aliphatic rings. The van der Waals surface area contributed by atoms with Gasteiger partial charge in [-0.3, -0.25) is 19.4 Å². The number of ether oxygens (including phenoxy) is 1. The van der Waals surface area contributed by atoms with Crippen molar-refractivity contribution < 1.29 is 33.0 Å². The summed E-state index contributed by atoms with van der Waals surface area (Å²) in [6.45, 7) is 3.57. The van der Waals surface area contributed by atoms with Gasteiger partial charge in [0.2, 0.25) is 5.91 Å². The Morgan fingerprint density at radius 1 is 0.909 bits per heavy atom. The van der Waals surface area contributed by atoms with Crippen LogP contribution in [-0.4, -0.2) is 76.4 Å². The van der Waals surface area contributed by atoms with Crippen molar-refractivity contribution in [1.29, 1.82) is 0 Å². The Morgan fingerprint density at radius 2 is 1.64 bits per heavy atom. The van der Waals surface area contributed by atoms with Crippen LogP contribution in [0.3, 0.4) is 0 Å². The Bertz CT molecular complexity index is 1620. The number of halogens is 2. The molecule has 3 aromatic rings. The van der Waals surface area contributed by atoms with Gasteiger partial charge in [0.05, 0.1) is 23.7 Å². The highest BCUT2D eigenvalue weighted by Gasteiger charge is 2.35. The van der Waals surface area contributed by atoms with Gasteiger partial charge in [-0.1, -0.05) is 48.2 Å². The molecule has 12 heteroatoms. The molecule has 44 heavy (non-hydrogen) atoms. The number of rotatable bonds is 10. The molecule has 0 bridgehead atoms. The highest BCUT2D eigenvalue weighted by Crippen LogP contribution is 2.39. The van der Waals surface area contributed by atoms with Crippen molar-refractivity contribution >= 4 is 57.3 Å². The first-order chi connectivity index (χ1) is 21.2. The number of aromatic carboxylic acids is 1. The number of morpholine rings is 1. The normalized spacial score (nSPS) is 16.7. The average Bonchev–Trinajstić information content (AvgIpc) is 3.30. The second-order valence-electron chi connectivity index (χ2n) is 10.2. The zero-order chi connectivity index (χ0) is 31.2. The van der Waals surface area contributed by atoms with Gasteiger partial charge >= 0.3 is 5.97 Å². The molecule has 228 valence electrons. The Hall–Kier alpha value is -3.97. The van der Waals surface area contributed by atoms with Gasteiger partial charge in [-0.25, -0.2) is 13.6 Å². The second-order valence-corrected chi connectivity index (χ2v) is 11.9. The monoisotopic (exact) mass is 637 g/mol. The van der Waals surface area contributed by atoms with Crippen LogP contribution in [0.5, 0.6) is 0 Å². The van der Waals surface area contributed by atoms with Crippen LogP contribution in [0, 0.1) is 11.6 Å². The average molecular weight is 638 g/mol. The van der Waals surface area contributed by atoms with E-state index in [1.165, 1.54) is 47.0 Å². The molecule has 2 N–H and O–H groups in total. The quantitative estimate of drug-likeness (QED) is 0.217. The van der Waals surface area contributed by atoms with Crippen molar-refractivity contribution in [3.05, 3.63) is 94.4 Å². The molecular formula is C32H29F2N3O5S2. The van der Waals surface area contributed by atoms with Gasteiger partial charge in [-0.2, -0.15) is 0 Å². The third-order valence-corrected chi connectivity index (χ3v) is 8.84. The Morgan fingerprint density at radius 3 is 2.34 bits per heavy atom. The lowest BCUT2D eigenvalue weighted by Gasteiger charge is -2.27. The van der Waals surface area contributed by atoms with Crippen LogP contribution in [0.4, 0.5) is 14.5 Å². The largest absolute Gasteiger partial charge is 0.478 e. The number of benzene rings is 3. The van der Waals surface area contributed by atoms with E-state index >= 15 is 0 Å². The van der Waals surface area contributed by atoms with E-state index in [9.17, 15) is 23.2 Å². The first kappa shape index (κ1) is 31.5. The minimum Gasteiger partial charge on any atom is -0.478 e. The Kier molecular flexibility index (Phi) is 10.2. The highest BCUT2D eigenvalue weighted by atomic mass is 32.2. The number of carboxylic acid groups (broad SMARTS) is 1. The first-order valence-electron chi connectivity index (χ1n) is 14.0. The van der Waals surface area contributed by atoms with Gasteiger partial charge in [0.15, 0.2) is 11.6 Å². The first-order valence-corrected chi connectivity index (χ1v) is 15.2. The lowest BCUT2D eigenvalue weighted by Crippen LogP contribution is -2.37. The van der Waals surface area contributed by atoms with Crippen LogP contribution in [-0.2, 0) is 14.3 Å². The predicted octanol–water partition coefficient (Wildman–Crippen LogP) is 5.65. The highest BCUT2D eigenvalue weighted by molar-refractivity contribution is 8.26. The number of nitrogens with zero attached hydrogens (tertiary/aromatic N) is 2. The van der Waals surface area contributed by atoms with Crippen LogP contribution in [0.2, 0.25) is 0 Å². The van der Waals surface area contributed by atoms with E-state index in [-0.39, 0.29) is 30.3 Å². The summed E-state index contributed by atoms with van der Waals surface area (Å²) in [5, 5.41) is 11.8. The lowest BCUT2D eigenvalue weighted by atomic mass is 9.96. The van der Waals surface area contributed by atoms with Crippen LogP contribution in [0.25, 0.3) is 16.7 Å². The molecule has 2 heterocycles. The van der Waals surface area contributed by atoms with Gasteiger partial charge in [0.25, 0.3) is 5.91 Å². The molecule has 0 radical (unpaired) electrons.